The highest BCUT2D eigenvalue weighted by Crippen LogP contribution is 2.25. The lowest BCUT2D eigenvalue weighted by molar-refractivity contribution is -0.120. The van der Waals surface area contributed by atoms with Crippen LogP contribution in [-0.2, 0) is 17.6 Å². The third kappa shape index (κ3) is 3.73. The summed E-state index contributed by atoms with van der Waals surface area (Å²) in [5.74, 6) is 0.473. The number of anilines is 1. The van der Waals surface area contributed by atoms with Gasteiger partial charge in [-0.05, 0) is 31.9 Å². The number of amides is 1. The van der Waals surface area contributed by atoms with Gasteiger partial charge in [0.15, 0.2) is 0 Å². The molecule has 3 rings (SSSR count). The molecule has 136 valence electrons. The predicted octanol–water partition coefficient (Wildman–Crippen LogP) is 2.53. The summed E-state index contributed by atoms with van der Waals surface area (Å²) in [7, 11) is 0. The summed E-state index contributed by atoms with van der Waals surface area (Å²) in [5.41, 5.74) is 8.85. The van der Waals surface area contributed by atoms with E-state index in [2.05, 4.69) is 20.4 Å². The van der Waals surface area contributed by atoms with Gasteiger partial charge >= 0.3 is 0 Å². The maximum absolute atomic E-state index is 12.3. The third-order valence-electron chi connectivity index (χ3n) is 4.15. The van der Waals surface area contributed by atoms with E-state index in [4.69, 9.17) is 28.9 Å². The minimum Gasteiger partial charge on any atom is -0.366 e. The normalized spacial score (nSPS) is 11.1. The van der Waals surface area contributed by atoms with E-state index >= 15 is 0 Å². The van der Waals surface area contributed by atoms with Crippen molar-refractivity contribution in [2.24, 2.45) is 0 Å². The van der Waals surface area contributed by atoms with Crippen LogP contribution in [0, 0.1) is 13.8 Å². The Kier molecular flexibility index (Phi) is 5.29. The van der Waals surface area contributed by atoms with Crippen LogP contribution in [0.3, 0.4) is 0 Å². The molecule has 2 aromatic heterocycles. The molecule has 0 saturated heterocycles. The van der Waals surface area contributed by atoms with Gasteiger partial charge in [0.2, 0.25) is 11.9 Å². The van der Waals surface area contributed by atoms with Crippen LogP contribution in [0.2, 0.25) is 10.0 Å². The van der Waals surface area contributed by atoms with Crippen molar-refractivity contribution < 1.29 is 4.79 Å². The van der Waals surface area contributed by atoms with Crippen molar-refractivity contribution in [2.45, 2.75) is 26.7 Å². The molecule has 3 aromatic rings. The molecule has 1 amide bonds. The molecular weight excluding hydrogens is 375 g/mol. The zero-order valence-corrected chi connectivity index (χ0v) is 15.9. The first-order valence-electron chi connectivity index (χ1n) is 8.04. The number of benzene rings is 1. The number of aromatic nitrogens is 4. The van der Waals surface area contributed by atoms with E-state index in [1.54, 1.807) is 10.6 Å². The van der Waals surface area contributed by atoms with Crippen molar-refractivity contribution in [3.8, 4) is 0 Å². The average Bonchev–Trinajstić information content (AvgIpc) is 2.96. The Labute approximate surface area is 160 Å². The number of nitrogen functional groups attached to an aromatic ring is 1. The lowest BCUT2D eigenvalue weighted by Crippen LogP contribution is -2.28. The second kappa shape index (κ2) is 7.47. The second-order valence-corrected chi connectivity index (χ2v) is 6.72. The summed E-state index contributed by atoms with van der Waals surface area (Å²) >= 11 is 12.2. The molecule has 0 unspecified atom stereocenters. The number of hydrogen-bond donors (Lipinski definition) is 2. The summed E-state index contributed by atoms with van der Waals surface area (Å²) in [6, 6.07) is 5.46. The van der Waals surface area contributed by atoms with Crippen LogP contribution < -0.4 is 11.1 Å². The molecule has 0 spiro atoms. The Hall–Kier alpha value is -2.38. The van der Waals surface area contributed by atoms with Crippen LogP contribution >= 0.6 is 23.2 Å². The van der Waals surface area contributed by atoms with Crippen LogP contribution in [-0.4, -0.2) is 32.0 Å². The molecule has 26 heavy (non-hydrogen) atoms. The van der Waals surface area contributed by atoms with Gasteiger partial charge in [-0.3, -0.25) is 4.79 Å². The molecule has 0 radical (unpaired) electrons. The average molecular weight is 393 g/mol. The number of nitrogens with zero attached hydrogens (tertiary/aromatic N) is 4. The third-order valence-corrected chi connectivity index (χ3v) is 5.01. The van der Waals surface area contributed by atoms with Crippen LogP contribution in [0.1, 0.15) is 22.5 Å². The van der Waals surface area contributed by atoms with Crippen LogP contribution in [0.25, 0.3) is 5.78 Å². The minimum atomic E-state index is -0.108. The molecule has 9 heteroatoms. The van der Waals surface area contributed by atoms with Gasteiger partial charge in [0, 0.05) is 23.5 Å². The van der Waals surface area contributed by atoms with Gasteiger partial charge in [-0.2, -0.15) is 9.50 Å². The van der Waals surface area contributed by atoms with Gasteiger partial charge in [-0.1, -0.05) is 35.3 Å². The highest BCUT2D eigenvalue weighted by molar-refractivity contribution is 6.42. The zero-order chi connectivity index (χ0) is 18.8. The lowest BCUT2D eigenvalue weighted by Gasteiger charge is -2.11. The Balaban J connectivity index is 1.67. The second-order valence-electron chi connectivity index (χ2n) is 5.93. The topological polar surface area (TPSA) is 98.2 Å². The number of hydrogen-bond acceptors (Lipinski definition) is 5. The Morgan fingerprint density at radius 1 is 1.27 bits per heavy atom. The van der Waals surface area contributed by atoms with Crippen LogP contribution in [0.5, 0.6) is 0 Å². The molecule has 7 nitrogen and oxygen atoms in total. The fraction of sp³-hybridized carbons (Fsp3) is 0.294. The highest BCUT2D eigenvalue weighted by Gasteiger charge is 2.15. The molecule has 2 heterocycles. The number of nitrogens with two attached hydrogens (primary N) is 1. The molecule has 1 aromatic carbocycles. The summed E-state index contributed by atoms with van der Waals surface area (Å²) in [5, 5.41) is 8.03. The van der Waals surface area contributed by atoms with E-state index in [0.29, 0.717) is 28.8 Å². The van der Waals surface area contributed by atoms with Crippen molar-refractivity contribution >= 4 is 40.8 Å². The van der Waals surface area contributed by atoms with Crippen molar-refractivity contribution in [2.75, 3.05) is 12.3 Å². The summed E-state index contributed by atoms with van der Waals surface area (Å²) in [4.78, 5) is 20.7. The van der Waals surface area contributed by atoms with E-state index in [9.17, 15) is 4.79 Å². The smallest absolute Gasteiger partial charge is 0.254 e. The van der Waals surface area contributed by atoms with Crippen molar-refractivity contribution in [1.29, 1.82) is 0 Å². The predicted molar refractivity (Wildman–Crippen MR) is 102 cm³/mol. The molecule has 0 bridgehead atoms. The Bertz CT molecular complexity index is 985. The fourth-order valence-electron chi connectivity index (χ4n) is 2.78. The summed E-state index contributed by atoms with van der Waals surface area (Å²) in [6.07, 6.45) is 0.795. The first-order valence-corrected chi connectivity index (χ1v) is 8.80. The van der Waals surface area contributed by atoms with Crippen molar-refractivity contribution in [1.82, 2.24) is 24.9 Å². The quantitative estimate of drug-likeness (QED) is 0.694. The van der Waals surface area contributed by atoms with Crippen LogP contribution in [0.15, 0.2) is 18.2 Å². The molecule has 0 aliphatic carbocycles. The van der Waals surface area contributed by atoms with E-state index in [1.807, 2.05) is 26.0 Å². The van der Waals surface area contributed by atoms with E-state index in [0.717, 1.165) is 22.5 Å². The Morgan fingerprint density at radius 3 is 2.81 bits per heavy atom. The highest BCUT2D eigenvalue weighted by atomic mass is 35.5. The number of halogens is 2. The molecule has 3 N–H and O–H groups in total. The summed E-state index contributed by atoms with van der Waals surface area (Å²) in [6.45, 7) is 4.17. The van der Waals surface area contributed by atoms with Crippen molar-refractivity contribution in [3.63, 3.8) is 0 Å². The van der Waals surface area contributed by atoms with Crippen molar-refractivity contribution in [3.05, 3.63) is 50.8 Å². The van der Waals surface area contributed by atoms with E-state index in [-0.39, 0.29) is 18.3 Å². The van der Waals surface area contributed by atoms with Gasteiger partial charge in [0.25, 0.3) is 5.78 Å². The number of carbonyl (C=O) groups excluding carboxylic acids is 1. The van der Waals surface area contributed by atoms with Gasteiger partial charge in [0.1, 0.15) is 0 Å². The van der Waals surface area contributed by atoms with E-state index in [1.165, 1.54) is 0 Å². The van der Waals surface area contributed by atoms with Gasteiger partial charge in [0.05, 0.1) is 16.5 Å². The van der Waals surface area contributed by atoms with Gasteiger partial charge in [-0.15, -0.1) is 5.10 Å². The molecular formula is C17H18Cl2N6O. The number of carbonyl (C=O) groups is 1. The first-order chi connectivity index (χ1) is 12.4. The molecule has 0 saturated carbocycles. The molecule has 0 aliphatic heterocycles. The first kappa shape index (κ1) is 18.4. The number of nitrogens with one attached hydrogen (secondary N) is 1. The largest absolute Gasteiger partial charge is 0.366 e. The minimum absolute atomic E-state index is 0.108. The Morgan fingerprint density at radius 2 is 2.04 bits per heavy atom. The molecule has 0 fully saturated rings. The molecule has 0 atom stereocenters. The zero-order valence-electron chi connectivity index (χ0n) is 14.4. The van der Waals surface area contributed by atoms with Gasteiger partial charge in [-0.25, -0.2) is 4.98 Å². The number of fused-ring (bicyclic) bond motifs is 1. The molecule has 0 aliphatic rings. The standard InChI is InChI=1S/C17H18Cl2N6O/c1-9-12(10(2)25-17(22-9)23-16(20)24-25)8-14(26)21-7-6-11-4-3-5-13(18)15(11)19/h3-5H,6-8H2,1-2H3,(H2,20,24)(H,21,26). The van der Waals surface area contributed by atoms with E-state index < -0.39 is 0 Å². The number of rotatable bonds is 5. The fourth-order valence-corrected chi connectivity index (χ4v) is 3.20. The lowest BCUT2D eigenvalue weighted by atomic mass is 10.1. The summed E-state index contributed by atoms with van der Waals surface area (Å²) < 4.78 is 1.55. The maximum Gasteiger partial charge on any atom is 0.254 e. The monoisotopic (exact) mass is 392 g/mol. The SMILES string of the molecule is Cc1nc2nc(N)nn2c(C)c1CC(=O)NCCc1cccc(Cl)c1Cl. The maximum atomic E-state index is 12.3. The number of aryl methyl sites for hydroxylation is 2. The van der Waals surface area contributed by atoms with Crippen LogP contribution in [0.4, 0.5) is 5.95 Å². The van der Waals surface area contributed by atoms with Gasteiger partial charge < -0.3 is 11.1 Å².